The summed E-state index contributed by atoms with van der Waals surface area (Å²) in [6, 6.07) is 15.6. The van der Waals surface area contributed by atoms with Gasteiger partial charge in [-0.3, -0.25) is 4.79 Å². The molecule has 1 heterocycles. The van der Waals surface area contributed by atoms with Crippen LogP contribution >= 0.6 is 11.8 Å². The minimum absolute atomic E-state index is 0.0418. The molecule has 0 amide bonds. The average molecular weight is 454 g/mol. The number of hydrogen-bond donors (Lipinski definition) is 0. The first-order chi connectivity index (χ1) is 15.3. The van der Waals surface area contributed by atoms with E-state index in [1.807, 2.05) is 0 Å². The summed E-state index contributed by atoms with van der Waals surface area (Å²) >= 11 is 1.41. The van der Waals surface area contributed by atoms with Gasteiger partial charge in [0.1, 0.15) is 5.75 Å². The second kappa shape index (κ2) is 10.8. The van der Waals surface area contributed by atoms with Crippen LogP contribution in [0.2, 0.25) is 0 Å². The lowest BCUT2D eigenvalue weighted by Crippen LogP contribution is -2.11. The zero-order chi connectivity index (χ0) is 23.1. The lowest BCUT2D eigenvalue weighted by molar-refractivity contribution is 0.102. The van der Waals surface area contributed by atoms with Gasteiger partial charge < -0.3 is 14.0 Å². The van der Waals surface area contributed by atoms with Gasteiger partial charge in [-0.1, -0.05) is 56.8 Å². The first-order valence-electron chi connectivity index (χ1n) is 10.7. The highest BCUT2D eigenvalue weighted by Gasteiger charge is 2.18. The van der Waals surface area contributed by atoms with Crippen LogP contribution in [0.5, 0.6) is 5.75 Å². The third-order valence-corrected chi connectivity index (χ3v) is 6.17. The highest BCUT2D eigenvalue weighted by atomic mass is 32.2. The van der Waals surface area contributed by atoms with Crippen LogP contribution in [-0.2, 0) is 16.7 Å². The van der Waals surface area contributed by atoms with Crippen molar-refractivity contribution in [2.24, 2.45) is 0 Å². The summed E-state index contributed by atoms with van der Waals surface area (Å²) in [5, 5.41) is 9.59. The van der Waals surface area contributed by atoms with Gasteiger partial charge in [0.05, 0.1) is 12.9 Å². The van der Waals surface area contributed by atoms with Crippen molar-refractivity contribution in [1.82, 2.24) is 14.8 Å². The van der Waals surface area contributed by atoms with Crippen molar-refractivity contribution in [3.05, 3.63) is 59.7 Å². The first kappa shape index (κ1) is 24.0. The number of ether oxygens (including phenoxy) is 2. The van der Waals surface area contributed by atoms with Gasteiger partial charge in [0, 0.05) is 31.4 Å². The molecule has 3 aromatic rings. The molecule has 170 valence electrons. The van der Waals surface area contributed by atoms with Gasteiger partial charge in [-0.05, 0) is 41.7 Å². The number of rotatable bonds is 10. The van der Waals surface area contributed by atoms with E-state index < -0.39 is 0 Å². The Labute approximate surface area is 194 Å². The largest absolute Gasteiger partial charge is 0.497 e. The molecular weight excluding hydrogens is 422 g/mol. The maximum atomic E-state index is 12.7. The summed E-state index contributed by atoms with van der Waals surface area (Å²) in [4.78, 5) is 12.7. The van der Waals surface area contributed by atoms with Crippen LogP contribution in [0.15, 0.2) is 53.7 Å². The number of hydrogen-bond acceptors (Lipinski definition) is 6. The molecular formula is C25H31N3O3S. The maximum Gasteiger partial charge on any atom is 0.191 e. The van der Waals surface area contributed by atoms with E-state index in [4.69, 9.17) is 9.47 Å². The Bertz CT molecular complexity index is 1020. The summed E-state index contributed by atoms with van der Waals surface area (Å²) in [5.74, 6) is 1.87. The summed E-state index contributed by atoms with van der Waals surface area (Å²) in [7, 11) is 3.30. The van der Waals surface area contributed by atoms with Crippen molar-refractivity contribution in [2.75, 3.05) is 26.6 Å². The van der Waals surface area contributed by atoms with Crippen LogP contribution in [0.25, 0.3) is 11.4 Å². The quantitative estimate of drug-likeness (QED) is 0.237. The summed E-state index contributed by atoms with van der Waals surface area (Å²) in [6.45, 7) is 7.96. The minimum Gasteiger partial charge on any atom is -0.497 e. The molecule has 0 N–H and O–H groups in total. The van der Waals surface area contributed by atoms with E-state index in [1.54, 1.807) is 38.5 Å². The highest BCUT2D eigenvalue weighted by Crippen LogP contribution is 2.28. The Balaban J connectivity index is 1.79. The molecule has 0 spiro atoms. The van der Waals surface area contributed by atoms with Crippen LogP contribution in [0.3, 0.4) is 0 Å². The molecule has 32 heavy (non-hydrogen) atoms. The normalized spacial score (nSPS) is 11.5. The zero-order valence-electron chi connectivity index (χ0n) is 19.4. The lowest BCUT2D eigenvalue weighted by atomic mass is 9.87. The van der Waals surface area contributed by atoms with Crippen molar-refractivity contribution in [3.63, 3.8) is 0 Å². The molecule has 0 radical (unpaired) electrons. The Kier molecular flexibility index (Phi) is 8.10. The maximum absolute atomic E-state index is 12.7. The van der Waals surface area contributed by atoms with Gasteiger partial charge in [0.2, 0.25) is 0 Å². The third kappa shape index (κ3) is 5.99. The third-order valence-electron chi connectivity index (χ3n) is 5.20. The van der Waals surface area contributed by atoms with Crippen molar-refractivity contribution >= 4 is 17.5 Å². The molecule has 6 nitrogen and oxygen atoms in total. The number of ketones is 1. The molecule has 0 aliphatic carbocycles. The summed E-state index contributed by atoms with van der Waals surface area (Å²) in [6.07, 6.45) is 0.835. The van der Waals surface area contributed by atoms with Crippen molar-refractivity contribution in [1.29, 1.82) is 0 Å². The molecule has 2 aromatic carbocycles. The molecule has 0 unspecified atom stereocenters. The second-order valence-electron chi connectivity index (χ2n) is 8.57. The lowest BCUT2D eigenvalue weighted by Gasteiger charge is -2.19. The molecule has 1 aromatic heterocycles. The van der Waals surface area contributed by atoms with Gasteiger partial charge in [0.15, 0.2) is 16.8 Å². The molecule has 3 rings (SSSR count). The number of Topliss-reactive ketones (excluding diaryl/α,β-unsaturated/α-hetero) is 1. The number of carbonyl (C=O) groups is 1. The van der Waals surface area contributed by atoms with E-state index in [0.29, 0.717) is 12.2 Å². The van der Waals surface area contributed by atoms with E-state index in [-0.39, 0.29) is 17.0 Å². The molecule has 0 aliphatic heterocycles. The minimum atomic E-state index is 0.0418. The van der Waals surface area contributed by atoms with Crippen molar-refractivity contribution in [2.45, 2.75) is 44.3 Å². The number of aromatic nitrogens is 3. The van der Waals surface area contributed by atoms with Gasteiger partial charge >= 0.3 is 0 Å². The SMILES string of the molecule is COCCCn1c(SCC(=O)c2ccc(OC)cc2)nnc1-c1ccc(C(C)(C)C)cc1. The highest BCUT2D eigenvalue weighted by molar-refractivity contribution is 7.99. The van der Waals surface area contributed by atoms with E-state index in [0.717, 1.165) is 35.3 Å². The van der Waals surface area contributed by atoms with Crippen molar-refractivity contribution in [3.8, 4) is 17.1 Å². The predicted molar refractivity (Wildman–Crippen MR) is 129 cm³/mol. The Morgan fingerprint density at radius 2 is 1.69 bits per heavy atom. The molecule has 0 atom stereocenters. The van der Waals surface area contributed by atoms with Crippen molar-refractivity contribution < 1.29 is 14.3 Å². The Morgan fingerprint density at radius 3 is 2.28 bits per heavy atom. The average Bonchev–Trinajstić information content (AvgIpc) is 3.20. The number of benzene rings is 2. The van der Waals surface area contributed by atoms with Crippen LogP contribution in [0.4, 0.5) is 0 Å². The van der Waals surface area contributed by atoms with Crippen LogP contribution < -0.4 is 4.74 Å². The summed E-state index contributed by atoms with van der Waals surface area (Å²) in [5.41, 5.74) is 3.03. The Morgan fingerprint density at radius 1 is 1.00 bits per heavy atom. The van der Waals surface area contributed by atoms with E-state index in [2.05, 4.69) is 59.8 Å². The second-order valence-corrected chi connectivity index (χ2v) is 9.51. The number of methoxy groups -OCH3 is 2. The first-order valence-corrected chi connectivity index (χ1v) is 11.6. The fourth-order valence-electron chi connectivity index (χ4n) is 3.29. The number of nitrogens with zero attached hydrogens (tertiary/aromatic N) is 3. The van der Waals surface area contributed by atoms with E-state index in [1.165, 1.54) is 17.3 Å². The fourth-order valence-corrected chi connectivity index (χ4v) is 4.15. The monoisotopic (exact) mass is 453 g/mol. The van der Waals surface area contributed by atoms with Crippen LogP contribution in [0.1, 0.15) is 43.1 Å². The molecule has 0 saturated heterocycles. The fraction of sp³-hybridized carbons (Fsp3) is 0.400. The molecule has 0 bridgehead atoms. The zero-order valence-corrected chi connectivity index (χ0v) is 20.2. The molecule has 0 aliphatic rings. The Hall–Kier alpha value is -2.64. The van der Waals surface area contributed by atoms with Gasteiger partial charge in [-0.2, -0.15) is 0 Å². The van der Waals surface area contributed by atoms with E-state index >= 15 is 0 Å². The van der Waals surface area contributed by atoms with Crippen LogP contribution in [0, 0.1) is 0 Å². The van der Waals surface area contributed by atoms with Gasteiger partial charge in [-0.25, -0.2) is 0 Å². The summed E-state index contributed by atoms with van der Waals surface area (Å²) < 4.78 is 12.5. The molecule has 7 heteroatoms. The standard InChI is InChI=1S/C25H31N3O3S/c1-25(2,3)20-11-7-19(8-12-20)23-26-27-24(28(23)15-6-16-30-4)32-17-22(29)18-9-13-21(31-5)14-10-18/h7-14H,6,15-17H2,1-5H3. The number of carbonyl (C=O) groups excluding carboxylic acids is 1. The predicted octanol–water partition coefficient (Wildman–Crippen LogP) is 5.26. The molecule has 0 saturated carbocycles. The van der Waals surface area contributed by atoms with Gasteiger partial charge in [-0.15, -0.1) is 10.2 Å². The topological polar surface area (TPSA) is 66.2 Å². The smallest absolute Gasteiger partial charge is 0.191 e. The van der Waals surface area contributed by atoms with Crippen LogP contribution in [-0.4, -0.2) is 47.1 Å². The molecule has 0 fully saturated rings. The van der Waals surface area contributed by atoms with Gasteiger partial charge in [0.25, 0.3) is 0 Å². The number of thioether (sulfide) groups is 1. The van der Waals surface area contributed by atoms with E-state index in [9.17, 15) is 4.79 Å².